The van der Waals surface area contributed by atoms with Crippen LogP contribution in [0.3, 0.4) is 0 Å². The van der Waals surface area contributed by atoms with Gasteiger partial charge >= 0.3 is 5.97 Å². The average Bonchev–Trinajstić information content (AvgIpc) is 3.24. The van der Waals surface area contributed by atoms with Gasteiger partial charge in [-0.25, -0.2) is 9.18 Å². The maximum atomic E-state index is 14.5. The number of rotatable bonds is 13. The molecule has 1 aliphatic carbocycles. The van der Waals surface area contributed by atoms with Crippen molar-refractivity contribution in [2.45, 2.75) is 91.3 Å². The topological polar surface area (TPSA) is 80.6 Å². The molecule has 5 rings (SSSR count). The number of amides is 1. The molecular formula is C37H43FN2O4. The number of carbonyl (C=O) groups is 2. The number of aromatic nitrogens is 1. The molecule has 232 valence electrons. The van der Waals surface area contributed by atoms with E-state index in [1.165, 1.54) is 50.7 Å². The Morgan fingerprint density at radius 1 is 1.05 bits per heavy atom. The lowest BCUT2D eigenvalue weighted by atomic mass is 9.85. The zero-order chi connectivity index (χ0) is 31.4. The van der Waals surface area contributed by atoms with E-state index in [0.29, 0.717) is 17.9 Å². The van der Waals surface area contributed by atoms with Crippen LogP contribution in [-0.2, 0) is 24.2 Å². The molecule has 3 aromatic carbocycles. The minimum atomic E-state index is -1.16. The van der Waals surface area contributed by atoms with E-state index in [4.69, 9.17) is 4.74 Å². The maximum Gasteiger partial charge on any atom is 0.344 e. The number of ether oxygens (including phenoxy) is 1. The number of carbonyl (C=O) groups excluding carboxylic acids is 1. The molecule has 0 spiro atoms. The summed E-state index contributed by atoms with van der Waals surface area (Å²) in [5.74, 6) is -1.32. The number of carboxylic acids is 1. The Kier molecular flexibility index (Phi) is 9.72. The summed E-state index contributed by atoms with van der Waals surface area (Å²) in [7, 11) is 0. The summed E-state index contributed by atoms with van der Waals surface area (Å²) in [4.78, 5) is 24.7. The molecule has 0 unspecified atom stereocenters. The molecule has 1 amide bonds. The van der Waals surface area contributed by atoms with E-state index in [0.717, 1.165) is 46.3 Å². The lowest BCUT2D eigenvalue weighted by Crippen LogP contribution is -2.26. The number of halogens is 1. The van der Waals surface area contributed by atoms with Gasteiger partial charge < -0.3 is 19.7 Å². The van der Waals surface area contributed by atoms with E-state index in [-0.39, 0.29) is 17.7 Å². The second-order valence-electron chi connectivity index (χ2n) is 12.3. The van der Waals surface area contributed by atoms with Gasteiger partial charge in [-0.05, 0) is 105 Å². The van der Waals surface area contributed by atoms with Gasteiger partial charge in [-0.15, -0.1) is 0 Å². The summed E-state index contributed by atoms with van der Waals surface area (Å²) in [6.07, 6.45) is 6.40. The highest BCUT2D eigenvalue weighted by atomic mass is 19.1. The summed E-state index contributed by atoms with van der Waals surface area (Å²) >= 11 is 0. The van der Waals surface area contributed by atoms with Crippen LogP contribution in [0.1, 0.15) is 97.2 Å². The molecule has 0 bridgehead atoms. The second-order valence-corrected chi connectivity index (χ2v) is 12.3. The molecule has 0 aliphatic heterocycles. The summed E-state index contributed by atoms with van der Waals surface area (Å²) < 4.78 is 22.2. The Labute approximate surface area is 259 Å². The number of aliphatic carboxylic acids is 1. The molecule has 4 aromatic rings. The molecule has 1 fully saturated rings. The number of unbranched alkanes of at least 4 members (excludes halogenated alkanes) is 1. The third kappa shape index (κ3) is 6.98. The number of aryl methyl sites for hydroxylation is 1. The van der Waals surface area contributed by atoms with Crippen molar-refractivity contribution in [3.63, 3.8) is 0 Å². The predicted octanol–water partition coefficient (Wildman–Crippen LogP) is 8.17. The summed E-state index contributed by atoms with van der Waals surface area (Å²) in [5.41, 5.74) is 7.06. The Morgan fingerprint density at radius 2 is 1.77 bits per heavy atom. The van der Waals surface area contributed by atoms with Gasteiger partial charge in [0, 0.05) is 28.7 Å². The van der Waals surface area contributed by atoms with E-state index in [1.807, 2.05) is 25.1 Å². The van der Waals surface area contributed by atoms with Crippen LogP contribution in [0.25, 0.3) is 10.9 Å². The number of nitrogens with zero attached hydrogens (tertiary/aromatic N) is 1. The summed E-state index contributed by atoms with van der Waals surface area (Å²) in [6, 6.07) is 18.9. The fourth-order valence-corrected chi connectivity index (χ4v) is 5.99. The lowest BCUT2D eigenvalue weighted by Gasteiger charge is -2.27. The van der Waals surface area contributed by atoms with Crippen molar-refractivity contribution in [3.05, 3.63) is 100.0 Å². The highest BCUT2D eigenvalue weighted by Crippen LogP contribution is 2.35. The summed E-state index contributed by atoms with van der Waals surface area (Å²) in [6.45, 7) is 8.58. The third-order valence-electron chi connectivity index (χ3n) is 9.06. The van der Waals surface area contributed by atoms with E-state index in [1.54, 1.807) is 12.1 Å². The first-order valence-corrected chi connectivity index (χ1v) is 15.8. The van der Waals surface area contributed by atoms with Crippen LogP contribution < -0.4 is 10.1 Å². The molecule has 6 nitrogen and oxygen atoms in total. The zero-order valence-electron chi connectivity index (χ0n) is 26.2. The molecule has 7 heteroatoms. The highest BCUT2D eigenvalue weighted by molar-refractivity contribution is 5.99. The zero-order valence-corrected chi connectivity index (χ0v) is 26.2. The molecule has 44 heavy (non-hydrogen) atoms. The van der Waals surface area contributed by atoms with E-state index < -0.39 is 17.9 Å². The van der Waals surface area contributed by atoms with Gasteiger partial charge in [0.15, 0.2) is 17.7 Å². The van der Waals surface area contributed by atoms with Crippen molar-refractivity contribution >= 4 is 22.8 Å². The molecule has 1 saturated carbocycles. The van der Waals surface area contributed by atoms with Gasteiger partial charge in [0.25, 0.3) is 5.91 Å². The minimum absolute atomic E-state index is 0.0723. The Bertz CT molecular complexity index is 1640. The largest absolute Gasteiger partial charge is 0.479 e. The van der Waals surface area contributed by atoms with Gasteiger partial charge in [-0.3, -0.25) is 4.79 Å². The van der Waals surface area contributed by atoms with Crippen molar-refractivity contribution in [2.24, 2.45) is 5.92 Å². The first kappa shape index (κ1) is 31.3. The average molecular weight is 599 g/mol. The first-order chi connectivity index (χ1) is 21.1. The molecule has 1 aromatic heterocycles. The summed E-state index contributed by atoms with van der Waals surface area (Å²) in [5, 5.41) is 13.5. The second kappa shape index (κ2) is 13.7. The van der Waals surface area contributed by atoms with Crippen molar-refractivity contribution in [3.8, 4) is 5.75 Å². The number of hydrogen-bond donors (Lipinski definition) is 2. The van der Waals surface area contributed by atoms with Crippen LogP contribution in [-0.4, -0.2) is 27.7 Å². The van der Waals surface area contributed by atoms with Crippen molar-refractivity contribution in [1.29, 1.82) is 0 Å². The standard InChI is InChI=1S/C37H43FN2O4/c1-5-6-8-26-11-14-29(15-12-26)23(2)39-36(41)30-16-17-31-32(24(3)40(34(31)21-30)22-27-9-7-10-27)19-28-13-18-33(38)35(20-28)44-25(4)37(42)43/h11-18,20-21,23,25,27H,5-10,19,22H2,1-4H3,(H,39,41)(H,42,43)/t23-,25+/m0/s1. The normalized spacial score (nSPS) is 14.7. The number of carboxylic acid groups (broad SMARTS) is 1. The number of nitrogens with one attached hydrogen (secondary N) is 1. The molecular weight excluding hydrogens is 555 g/mol. The number of hydrogen-bond acceptors (Lipinski definition) is 3. The van der Waals surface area contributed by atoms with E-state index >= 15 is 0 Å². The fraction of sp³-hybridized carbons (Fsp3) is 0.405. The van der Waals surface area contributed by atoms with Crippen molar-refractivity contribution in [1.82, 2.24) is 9.88 Å². The fourth-order valence-electron chi connectivity index (χ4n) is 5.99. The monoisotopic (exact) mass is 598 g/mol. The maximum absolute atomic E-state index is 14.5. The van der Waals surface area contributed by atoms with Gasteiger partial charge in [0.1, 0.15) is 0 Å². The quantitative estimate of drug-likeness (QED) is 0.163. The number of benzene rings is 3. The van der Waals surface area contributed by atoms with Crippen molar-refractivity contribution < 1.29 is 23.8 Å². The Hall–Kier alpha value is -4.13. The lowest BCUT2D eigenvalue weighted by molar-refractivity contribution is -0.144. The number of fused-ring (bicyclic) bond motifs is 1. The van der Waals surface area contributed by atoms with Gasteiger partial charge in [0.05, 0.1) is 6.04 Å². The van der Waals surface area contributed by atoms with Crippen molar-refractivity contribution in [2.75, 3.05) is 0 Å². The van der Waals surface area contributed by atoms with E-state index in [9.17, 15) is 19.1 Å². The van der Waals surface area contributed by atoms with Crippen LogP contribution in [0.4, 0.5) is 4.39 Å². The minimum Gasteiger partial charge on any atom is -0.479 e. The molecule has 2 atom stereocenters. The third-order valence-corrected chi connectivity index (χ3v) is 9.06. The Balaban J connectivity index is 1.41. The van der Waals surface area contributed by atoms with Crippen LogP contribution in [0.2, 0.25) is 0 Å². The highest BCUT2D eigenvalue weighted by Gasteiger charge is 2.23. The molecule has 0 radical (unpaired) electrons. The van der Waals surface area contributed by atoms with E-state index in [2.05, 4.69) is 48.0 Å². The van der Waals surface area contributed by atoms with Crippen LogP contribution in [0.15, 0.2) is 60.7 Å². The molecule has 1 aliphatic rings. The molecule has 2 N–H and O–H groups in total. The van der Waals surface area contributed by atoms with Crippen LogP contribution in [0, 0.1) is 18.7 Å². The molecule has 1 heterocycles. The van der Waals surface area contributed by atoms with Crippen LogP contribution >= 0.6 is 0 Å². The van der Waals surface area contributed by atoms with Gasteiger partial charge in [-0.1, -0.05) is 56.2 Å². The predicted molar refractivity (Wildman–Crippen MR) is 172 cm³/mol. The Morgan fingerprint density at radius 3 is 2.43 bits per heavy atom. The van der Waals surface area contributed by atoms with Gasteiger partial charge in [0.2, 0.25) is 0 Å². The SMILES string of the molecule is CCCCc1ccc([C@H](C)NC(=O)c2ccc3c(Cc4ccc(F)c(O[C@H](C)C(=O)O)c4)c(C)n(CC4CCC4)c3c2)cc1. The smallest absolute Gasteiger partial charge is 0.344 e. The first-order valence-electron chi connectivity index (χ1n) is 15.8. The van der Waals surface area contributed by atoms with Gasteiger partial charge in [-0.2, -0.15) is 0 Å². The molecule has 0 saturated heterocycles. The van der Waals surface area contributed by atoms with Crippen LogP contribution in [0.5, 0.6) is 5.75 Å².